The SMILES string of the molecule is CC(C)c1ccccc1C(C)C.CC(C)c1ccccc1C(C)C.Cc1ccc(-c2cccc(C(C)C)c2C(C)C)cc1C. The highest BCUT2D eigenvalue weighted by Crippen LogP contribution is 2.36. The fourth-order valence-corrected chi connectivity index (χ4v) is 6.02. The predicted molar refractivity (Wildman–Crippen MR) is 199 cm³/mol. The molecule has 0 radical (unpaired) electrons. The quantitative estimate of drug-likeness (QED) is 0.201. The molecular formula is C44H62. The van der Waals surface area contributed by atoms with Crippen LogP contribution in [0.5, 0.6) is 0 Å². The van der Waals surface area contributed by atoms with Crippen LogP contribution >= 0.6 is 0 Å². The molecule has 0 saturated heterocycles. The Balaban J connectivity index is 0.000000244. The number of rotatable bonds is 7. The van der Waals surface area contributed by atoms with E-state index in [0.717, 1.165) is 0 Å². The lowest BCUT2D eigenvalue weighted by molar-refractivity contribution is 0.790. The smallest absolute Gasteiger partial charge is 0.0146 e. The molecule has 0 saturated carbocycles. The molecule has 238 valence electrons. The molecule has 4 rings (SSSR count). The third kappa shape index (κ3) is 10.2. The number of hydrogen-bond acceptors (Lipinski definition) is 0. The van der Waals surface area contributed by atoms with E-state index in [-0.39, 0.29) is 0 Å². The van der Waals surface area contributed by atoms with Gasteiger partial charge in [-0.3, -0.25) is 0 Å². The van der Waals surface area contributed by atoms with E-state index in [4.69, 9.17) is 0 Å². The van der Waals surface area contributed by atoms with E-state index in [1.54, 1.807) is 0 Å². The van der Waals surface area contributed by atoms with Crippen LogP contribution in [0.2, 0.25) is 0 Å². The van der Waals surface area contributed by atoms with Crippen LogP contribution in [0.3, 0.4) is 0 Å². The number of hydrogen-bond donors (Lipinski definition) is 0. The Labute approximate surface area is 272 Å². The summed E-state index contributed by atoms with van der Waals surface area (Å²) >= 11 is 0. The zero-order valence-electron chi connectivity index (χ0n) is 30.5. The van der Waals surface area contributed by atoms with Crippen LogP contribution in [-0.4, -0.2) is 0 Å². The summed E-state index contributed by atoms with van der Waals surface area (Å²) in [6.45, 7) is 31.5. The summed E-state index contributed by atoms with van der Waals surface area (Å²) in [5.41, 5.74) is 14.4. The summed E-state index contributed by atoms with van der Waals surface area (Å²) in [6.07, 6.45) is 0. The Kier molecular flexibility index (Phi) is 14.6. The Morgan fingerprint density at radius 1 is 0.341 bits per heavy atom. The maximum absolute atomic E-state index is 2.32. The van der Waals surface area contributed by atoms with Crippen molar-refractivity contribution in [1.29, 1.82) is 0 Å². The molecule has 0 heteroatoms. The topological polar surface area (TPSA) is 0 Å². The van der Waals surface area contributed by atoms with Gasteiger partial charge in [0, 0.05) is 0 Å². The van der Waals surface area contributed by atoms with E-state index in [9.17, 15) is 0 Å². The van der Waals surface area contributed by atoms with Crippen molar-refractivity contribution in [3.63, 3.8) is 0 Å². The lowest BCUT2D eigenvalue weighted by Gasteiger charge is -2.21. The highest BCUT2D eigenvalue weighted by Gasteiger charge is 2.15. The molecule has 0 amide bonds. The lowest BCUT2D eigenvalue weighted by atomic mass is 9.84. The largest absolute Gasteiger partial charge is 0.0620 e. The molecule has 0 N–H and O–H groups in total. The fourth-order valence-electron chi connectivity index (χ4n) is 6.02. The number of benzene rings is 4. The zero-order chi connectivity index (χ0) is 33.1. The Morgan fingerprint density at radius 2 is 0.705 bits per heavy atom. The maximum atomic E-state index is 2.32. The molecule has 0 aromatic heterocycles. The van der Waals surface area contributed by atoms with Gasteiger partial charge in [-0.1, -0.05) is 168 Å². The van der Waals surface area contributed by atoms with Gasteiger partial charge in [-0.05, 0) is 105 Å². The van der Waals surface area contributed by atoms with Crippen molar-refractivity contribution >= 4 is 0 Å². The van der Waals surface area contributed by atoms with Crippen LogP contribution in [0.4, 0.5) is 0 Å². The molecule has 0 atom stereocenters. The van der Waals surface area contributed by atoms with E-state index >= 15 is 0 Å². The van der Waals surface area contributed by atoms with Crippen molar-refractivity contribution in [1.82, 2.24) is 0 Å². The third-order valence-electron chi connectivity index (χ3n) is 8.64. The van der Waals surface area contributed by atoms with Crippen LogP contribution < -0.4 is 0 Å². The average Bonchev–Trinajstić information content (AvgIpc) is 2.98. The average molecular weight is 591 g/mol. The fraction of sp³-hybridized carbons (Fsp3) is 0.455. The van der Waals surface area contributed by atoms with Crippen molar-refractivity contribution < 1.29 is 0 Å². The second kappa shape index (κ2) is 17.4. The zero-order valence-corrected chi connectivity index (χ0v) is 30.5. The van der Waals surface area contributed by atoms with Crippen LogP contribution in [-0.2, 0) is 0 Å². The summed E-state index contributed by atoms with van der Waals surface area (Å²) in [6, 6.07) is 31.0. The minimum atomic E-state index is 0.546. The molecule has 0 heterocycles. The van der Waals surface area contributed by atoms with Gasteiger partial charge in [0.25, 0.3) is 0 Å². The van der Waals surface area contributed by atoms with E-state index in [1.807, 2.05) is 0 Å². The van der Waals surface area contributed by atoms with Gasteiger partial charge in [-0.15, -0.1) is 0 Å². The number of aryl methyl sites for hydroxylation is 2. The van der Waals surface area contributed by atoms with Gasteiger partial charge in [0.2, 0.25) is 0 Å². The molecule has 0 aliphatic heterocycles. The van der Waals surface area contributed by atoms with Gasteiger partial charge in [-0.2, -0.15) is 0 Å². The molecule has 0 aliphatic rings. The first kappa shape index (κ1) is 37.1. The van der Waals surface area contributed by atoms with Gasteiger partial charge in [0.15, 0.2) is 0 Å². The summed E-state index contributed by atoms with van der Waals surface area (Å²) in [4.78, 5) is 0. The molecule has 0 bridgehead atoms. The molecule has 4 aromatic carbocycles. The normalized spacial score (nSPS) is 11.3. The second-order valence-corrected chi connectivity index (χ2v) is 14.3. The first-order valence-corrected chi connectivity index (χ1v) is 17.0. The van der Waals surface area contributed by atoms with Gasteiger partial charge < -0.3 is 0 Å². The predicted octanol–water partition coefficient (Wildman–Crippen LogP) is 14.1. The van der Waals surface area contributed by atoms with Crippen LogP contribution in [0.25, 0.3) is 11.1 Å². The van der Waals surface area contributed by atoms with E-state index in [2.05, 4.69) is 182 Å². The summed E-state index contributed by atoms with van der Waals surface area (Å²) < 4.78 is 0. The molecule has 0 unspecified atom stereocenters. The molecule has 0 fully saturated rings. The molecule has 0 nitrogen and oxygen atoms in total. The highest BCUT2D eigenvalue weighted by atomic mass is 14.2. The Morgan fingerprint density at radius 3 is 1.02 bits per heavy atom. The van der Waals surface area contributed by atoms with E-state index in [1.165, 1.54) is 55.6 Å². The third-order valence-corrected chi connectivity index (χ3v) is 8.64. The van der Waals surface area contributed by atoms with Crippen molar-refractivity contribution in [3.8, 4) is 11.1 Å². The summed E-state index contributed by atoms with van der Waals surface area (Å²) in [7, 11) is 0. The van der Waals surface area contributed by atoms with Crippen LogP contribution in [0.15, 0.2) is 84.9 Å². The van der Waals surface area contributed by atoms with E-state index in [0.29, 0.717) is 35.5 Å². The molecular weight excluding hydrogens is 528 g/mol. The minimum Gasteiger partial charge on any atom is -0.0620 e. The van der Waals surface area contributed by atoms with Crippen LogP contribution in [0, 0.1) is 13.8 Å². The molecule has 44 heavy (non-hydrogen) atoms. The van der Waals surface area contributed by atoms with Crippen LogP contribution in [0.1, 0.15) is 163 Å². The second-order valence-electron chi connectivity index (χ2n) is 14.3. The Bertz CT molecular complexity index is 1320. The van der Waals surface area contributed by atoms with Crippen molar-refractivity contribution in [2.75, 3.05) is 0 Å². The first-order valence-electron chi connectivity index (χ1n) is 17.0. The van der Waals surface area contributed by atoms with E-state index < -0.39 is 0 Å². The Hall–Kier alpha value is -3.12. The standard InChI is InChI=1S/C20H26.2C12H18/c1-13(2)18-8-7-9-19(20(18)14(3)4)17-11-10-15(5)16(6)12-17;2*1-9(2)11-7-5-6-8-12(11)10(3)4/h7-14H,1-6H3;2*5-10H,1-4H3. The van der Waals surface area contributed by atoms with Crippen molar-refractivity contribution in [2.45, 2.75) is 132 Å². The molecule has 4 aromatic rings. The van der Waals surface area contributed by atoms with Gasteiger partial charge in [-0.25, -0.2) is 0 Å². The monoisotopic (exact) mass is 590 g/mol. The first-order chi connectivity index (χ1) is 20.7. The highest BCUT2D eigenvalue weighted by molar-refractivity contribution is 5.71. The van der Waals surface area contributed by atoms with Crippen molar-refractivity contribution in [3.05, 3.63) is 129 Å². The minimum absolute atomic E-state index is 0.546. The van der Waals surface area contributed by atoms with Gasteiger partial charge in [0.05, 0.1) is 0 Å². The van der Waals surface area contributed by atoms with Gasteiger partial charge >= 0.3 is 0 Å². The maximum Gasteiger partial charge on any atom is -0.0146 e. The van der Waals surface area contributed by atoms with Gasteiger partial charge in [0.1, 0.15) is 0 Å². The summed E-state index contributed by atoms with van der Waals surface area (Å²) in [5.74, 6) is 3.68. The summed E-state index contributed by atoms with van der Waals surface area (Å²) in [5, 5.41) is 0. The van der Waals surface area contributed by atoms with Crippen molar-refractivity contribution in [2.24, 2.45) is 0 Å². The lowest BCUT2D eigenvalue weighted by Crippen LogP contribution is -2.01. The molecule has 0 aliphatic carbocycles. The molecule has 0 spiro atoms.